The monoisotopic (exact) mass is 286 g/mol. The van der Waals surface area contributed by atoms with Crippen LogP contribution in [0.25, 0.3) is 0 Å². The molecule has 0 atom stereocenters. The lowest BCUT2D eigenvalue weighted by Gasteiger charge is -2.07. The third-order valence-corrected chi connectivity index (χ3v) is 2.89. The number of carbonyl (C=O) groups excluding carboxylic acids is 1. The molecule has 0 saturated carbocycles. The van der Waals surface area contributed by atoms with Crippen LogP contribution in [-0.2, 0) is 6.54 Å². The van der Waals surface area contributed by atoms with E-state index in [0.717, 1.165) is 5.56 Å². The van der Waals surface area contributed by atoms with Gasteiger partial charge in [-0.1, -0.05) is 17.7 Å². The van der Waals surface area contributed by atoms with Crippen molar-refractivity contribution in [1.29, 1.82) is 0 Å². The number of nitrogens with zero attached hydrogens (tertiary/aromatic N) is 1. The van der Waals surface area contributed by atoms with Gasteiger partial charge < -0.3 is 15.5 Å². The Morgan fingerprint density at radius 1 is 1.24 bits per heavy atom. The minimum Gasteiger partial charge on any atom is -0.507 e. The van der Waals surface area contributed by atoms with Gasteiger partial charge >= 0.3 is 5.97 Å². The second kappa shape index (κ2) is 6.04. The molecule has 0 radical (unpaired) electrons. The molecule has 1 aromatic carbocycles. The average Bonchev–Trinajstić information content (AvgIpc) is 2.47. The number of rotatable bonds is 4. The molecule has 1 amide bonds. The number of pyridine rings is 1. The third-order valence-electron chi connectivity index (χ3n) is 2.89. The van der Waals surface area contributed by atoms with Crippen molar-refractivity contribution in [2.24, 2.45) is 0 Å². The Bertz CT molecular complexity index is 681. The summed E-state index contributed by atoms with van der Waals surface area (Å²) >= 11 is 0. The topological polar surface area (TPSA) is 99.5 Å². The summed E-state index contributed by atoms with van der Waals surface area (Å²) in [6.45, 7) is 2.02. The molecule has 0 aliphatic heterocycles. The van der Waals surface area contributed by atoms with Crippen LogP contribution in [0.3, 0.4) is 0 Å². The highest BCUT2D eigenvalue weighted by Gasteiger charge is 2.11. The molecule has 0 aliphatic rings. The number of aryl methyl sites for hydroxylation is 1. The van der Waals surface area contributed by atoms with Crippen molar-refractivity contribution in [1.82, 2.24) is 10.3 Å². The van der Waals surface area contributed by atoms with Gasteiger partial charge in [-0.05, 0) is 30.7 Å². The van der Waals surface area contributed by atoms with Crippen LogP contribution in [0.1, 0.15) is 32.0 Å². The zero-order valence-electron chi connectivity index (χ0n) is 11.3. The molecule has 1 heterocycles. The maximum atomic E-state index is 12.0. The minimum absolute atomic E-state index is 0.0543. The molecule has 0 spiro atoms. The van der Waals surface area contributed by atoms with Gasteiger partial charge in [-0.2, -0.15) is 0 Å². The van der Waals surface area contributed by atoms with E-state index >= 15 is 0 Å². The molecule has 0 aliphatic carbocycles. The SMILES string of the molecule is Cc1ccc(O)c(C(=O)NCc2ccc(C(=O)O)nc2)c1. The van der Waals surface area contributed by atoms with E-state index in [4.69, 9.17) is 5.11 Å². The van der Waals surface area contributed by atoms with Crippen LogP contribution in [0.5, 0.6) is 5.75 Å². The van der Waals surface area contributed by atoms with E-state index in [1.165, 1.54) is 18.3 Å². The maximum Gasteiger partial charge on any atom is 0.354 e. The average molecular weight is 286 g/mol. The minimum atomic E-state index is -1.10. The standard InChI is InChI=1S/C15H14N2O4/c1-9-2-5-13(18)11(6-9)14(19)17-8-10-3-4-12(15(20)21)16-7-10/h2-7,18H,8H2,1H3,(H,17,19)(H,20,21). The van der Waals surface area contributed by atoms with E-state index < -0.39 is 11.9 Å². The predicted molar refractivity (Wildman–Crippen MR) is 75.2 cm³/mol. The fourth-order valence-corrected chi connectivity index (χ4v) is 1.76. The van der Waals surface area contributed by atoms with Crippen molar-refractivity contribution in [2.45, 2.75) is 13.5 Å². The van der Waals surface area contributed by atoms with Crippen molar-refractivity contribution in [3.05, 3.63) is 58.9 Å². The Hall–Kier alpha value is -2.89. The van der Waals surface area contributed by atoms with Gasteiger partial charge in [0, 0.05) is 12.7 Å². The Labute approximate surface area is 121 Å². The zero-order chi connectivity index (χ0) is 15.4. The summed E-state index contributed by atoms with van der Waals surface area (Å²) in [6.07, 6.45) is 1.39. The van der Waals surface area contributed by atoms with Gasteiger partial charge in [-0.15, -0.1) is 0 Å². The first kappa shape index (κ1) is 14.5. The van der Waals surface area contributed by atoms with Gasteiger partial charge in [0.2, 0.25) is 0 Å². The summed E-state index contributed by atoms with van der Waals surface area (Å²) in [7, 11) is 0. The van der Waals surface area contributed by atoms with Gasteiger partial charge in [0.15, 0.2) is 0 Å². The number of benzene rings is 1. The number of aromatic nitrogens is 1. The van der Waals surface area contributed by atoms with E-state index in [1.807, 2.05) is 6.92 Å². The molecule has 0 saturated heterocycles. The van der Waals surface area contributed by atoms with Crippen LogP contribution in [0.2, 0.25) is 0 Å². The third kappa shape index (κ3) is 3.56. The van der Waals surface area contributed by atoms with Crippen LogP contribution in [0.4, 0.5) is 0 Å². The van der Waals surface area contributed by atoms with Gasteiger partial charge in [0.25, 0.3) is 5.91 Å². The van der Waals surface area contributed by atoms with E-state index in [1.54, 1.807) is 18.2 Å². The number of carbonyl (C=O) groups is 2. The largest absolute Gasteiger partial charge is 0.507 e. The molecule has 1 aromatic heterocycles. The van der Waals surface area contributed by atoms with Crippen LogP contribution in [0.15, 0.2) is 36.5 Å². The summed E-state index contributed by atoms with van der Waals surface area (Å²) in [5, 5.41) is 21.0. The number of hydrogen-bond acceptors (Lipinski definition) is 4. The lowest BCUT2D eigenvalue weighted by Crippen LogP contribution is -2.23. The van der Waals surface area contributed by atoms with Crippen LogP contribution < -0.4 is 5.32 Å². The summed E-state index contributed by atoms with van der Waals surface area (Å²) < 4.78 is 0. The number of carboxylic acid groups (broad SMARTS) is 1. The Morgan fingerprint density at radius 3 is 2.62 bits per heavy atom. The molecule has 2 rings (SSSR count). The van der Waals surface area contributed by atoms with Crippen LogP contribution in [0, 0.1) is 6.92 Å². The molecular formula is C15H14N2O4. The van der Waals surface area contributed by atoms with E-state index in [-0.39, 0.29) is 23.6 Å². The highest BCUT2D eigenvalue weighted by atomic mass is 16.4. The smallest absolute Gasteiger partial charge is 0.354 e. The summed E-state index contributed by atoms with van der Waals surface area (Å²) in [5.74, 6) is -1.59. The second-order valence-electron chi connectivity index (χ2n) is 4.56. The second-order valence-corrected chi connectivity index (χ2v) is 4.56. The molecule has 3 N–H and O–H groups in total. The van der Waals surface area contributed by atoms with Gasteiger partial charge in [0.05, 0.1) is 5.56 Å². The molecule has 0 bridgehead atoms. The molecular weight excluding hydrogens is 272 g/mol. The quantitative estimate of drug-likeness (QED) is 0.794. The molecule has 6 nitrogen and oxygen atoms in total. The normalized spacial score (nSPS) is 10.1. The first-order chi connectivity index (χ1) is 9.97. The number of nitrogens with one attached hydrogen (secondary N) is 1. The Morgan fingerprint density at radius 2 is 2.00 bits per heavy atom. The highest BCUT2D eigenvalue weighted by Crippen LogP contribution is 2.18. The molecule has 0 unspecified atom stereocenters. The van der Waals surface area contributed by atoms with Gasteiger partial charge in [0.1, 0.15) is 11.4 Å². The number of hydrogen-bond donors (Lipinski definition) is 3. The predicted octanol–water partition coefficient (Wildman–Crippen LogP) is 1.72. The number of phenols is 1. The van der Waals surface area contributed by atoms with E-state index in [2.05, 4.69) is 10.3 Å². The fourth-order valence-electron chi connectivity index (χ4n) is 1.76. The number of aromatic carboxylic acids is 1. The Balaban J connectivity index is 2.04. The van der Waals surface area contributed by atoms with Crippen molar-refractivity contribution in [2.75, 3.05) is 0 Å². The van der Waals surface area contributed by atoms with Crippen molar-refractivity contribution >= 4 is 11.9 Å². The van der Waals surface area contributed by atoms with E-state index in [0.29, 0.717) is 5.56 Å². The van der Waals surface area contributed by atoms with Crippen molar-refractivity contribution in [3.8, 4) is 5.75 Å². The number of carboxylic acids is 1. The molecule has 6 heteroatoms. The zero-order valence-corrected chi connectivity index (χ0v) is 11.3. The first-order valence-electron chi connectivity index (χ1n) is 6.23. The first-order valence-corrected chi connectivity index (χ1v) is 6.23. The molecule has 108 valence electrons. The van der Waals surface area contributed by atoms with E-state index in [9.17, 15) is 14.7 Å². The van der Waals surface area contributed by atoms with Crippen molar-refractivity contribution in [3.63, 3.8) is 0 Å². The van der Waals surface area contributed by atoms with Gasteiger partial charge in [-0.3, -0.25) is 4.79 Å². The van der Waals surface area contributed by atoms with Crippen LogP contribution >= 0.6 is 0 Å². The molecule has 21 heavy (non-hydrogen) atoms. The summed E-state index contributed by atoms with van der Waals surface area (Å²) in [4.78, 5) is 26.4. The summed E-state index contributed by atoms with van der Waals surface area (Å²) in [6, 6.07) is 7.71. The number of amides is 1. The van der Waals surface area contributed by atoms with Crippen LogP contribution in [-0.4, -0.2) is 27.1 Å². The fraction of sp³-hybridized carbons (Fsp3) is 0.133. The maximum absolute atomic E-state index is 12.0. The number of aromatic hydroxyl groups is 1. The number of phenolic OH excluding ortho intramolecular Hbond substituents is 1. The lowest BCUT2D eigenvalue weighted by atomic mass is 10.1. The Kier molecular flexibility index (Phi) is 4.18. The molecule has 2 aromatic rings. The van der Waals surface area contributed by atoms with Gasteiger partial charge in [-0.25, -0.2) is 9.78 Å². The van der Waals surface area contributed by atoms with Crippen molar-refractivity contribution < 1.29 is 19.8 Å². The molecule has 0 fully saturated rings. The summed E-state index contributed by atoms with van der Waals surface area (Å²) in [5.41, 5.74) is 1.68. The lowest BCUT2D eigenvalue weighted by molar-refractivity contribution is 0.0690. The highest BCUT2D eigenvalue weighted by molar-refractivity contribution is 5.96.